The lowest BCUT2D eigenvalue weighted by Gasteiger charge is -2.18. The molecule has 110 valence electrons. The van der Waals surface area contributed by atoms with E-state index in [0.717, 1.165) is 12.8 Å². The van der Waals surface area contributed by atoms with E-state index in [2.05, 4.69) is 15.5 Å². The van der Waals surface area contributed by atoms with Crippen molar-refractivity contribution in [3.8, 4) is 6.07 Å². The number of rotatable bonds is 2. The number of nitrogens with one attached hydrogen (secondary N) is 1. The maximum Gasteiger partial charge on any atom is 0.407 e. The van der Waals surface area contributed by atoms with Crippen LogP contribution in [0.4, 0.5) is 10.6 Å². The first kappa shape index (κ1) is 13.9. The zero-order chi connectivity index (χ0) is 15.0. The molecule has 0 spiro atoms. The largest absolute Gasteiger partial charge is 0.465 e. The third-order valence-electron chi connectivity index (χ3n) is 4.25. The highest BCUT2D eigenvalue weighted by Crippen LogP contribution is 2.39. The molecular formula is C13H14ClN5O2. The fraction of sp³-hybridized carbons (Fsp3) is 0.538. The second kappa shape index (κ2) is 5.37. The van der Waals surface area contributed by atoms with Gasteiger partial charge in [0.2, 0.25) is 0 Å². The van der Waals surface area contributed by atoms with Gasteiger partial charge in [-0.1, -0.05) is 11.6 Å². The Morgan fingerprint density at radius 1 is 1.43 bits per heavy atom. The molecule has 1 aromatic heterocycles. The average molecular weight is 308 g/mol. The number of anilines is 1. The number of carbonyl (C=O) groups is 1. The SMILES string of the molecule is N#Cc1cc(Cl)nnc1NC1C[C@@H]2CN(C(=O)O)C[C@@H]2C1. The van der Waals surface area contributed by atoms with Crippen LogP contribution in [-0.4, -0.2) is 45.4 Å². The Labute approximate surface area is 126 Å². The summed E-state index contributed by atoms with van der Waals surface area (Å²) >= 11 is 5.72. The van der Waals surface area contributed by atoms with E-state index in [9.17, 15) is 4.79 Å². The number of fused-ring (bicyclic) bond motifs is 1. The first-order valence-corrected chi connectivity index (χ1v) is 7.12. The van der Waals surface area contributed by atoms with Crippen LogP contribution in [0, 0.1) is 23.2 Å². The van der Waals surface area contributed by atoms with Gasteiger partial charge in [-0.15, -0.1) is 10.2 Å². The standard InChI is InChI=1S/C13H14ClN5O2/c14-11-3-7(4-15)12(18-17-11)16-10-1-8-5-19(13(20)21)6-9(8)2-10/h3,8-10H,1-2,5-6H2,(H,16,18)(H,20,21)/t8-,9+,10?. The van der Waals surface area contributed by atoms with Crippen LogP contribution < -0.4 is 5.32 Å². The number of carboxylic acid groups (broad SMARTS) is 1. The molecule has 2 N–H and O–H groups in total. The summed E-state index contributed by atoms with van der Waals surface area (Å²) in [7, 11) is 0. The maximum atomic E-state index is 11.0. The lowest BCUT2D eigenvalue weighted by Crippen LogP contribution is -2.29. The zero-order valence-corrected chi connectivity index (χ0v) is 11.9. The van der Waals surface area contributed by atoms with Crippen molar-refractivity contribution in [1.29, 1.82) is 5.26 Å². The summed E-state index contributed by atoms with van der Waals surface area (Å²) in [6, 6.07) is 3.73. The minimum absolute atomic E-state index is 0.192. The van der Waals surface area contributed by atoms with E-state index in [1.807, 2.05) is 6.07 Å². The Morgan fingerprint density at radius 3 is 2.67 bits per heavy atom. The zero-order valence-electron chi connectivity index (χ0n) is 11.2. The topological polar surface area (TPSA) is 102 Å². The molecule has 0 bridgehead atoms. The molecule has 1 aliphatic carbocycles. The molecule has 7 nitrogen and oxygen atoms in total. The Balaban J connectivity index is 1.65. The number of halogens is 1. The van der Waals surface area contributed by atoms with E-state index in [1.165, 1.54) is 11.0 Å². The van der Waals surface area contributed by atoms with Gasteiger partial charge in [0.15, 0.2) is 11.0 Å². The van der Waals surface area contributed by atoms with Crippen LogP contribution in [0.15, 0.2) is 6.07 Å². The van der Waals surface area contributed by atoms with Crippen LogP contribution in [-0.2, 0) is 0 Å². The number of nitrogens with zero attached hydrogens (tertiary/aromatic N) is 4. The molecule has 8 heteroatoms. The highest BCUT2D eigenvalue weighted by atomic mass is 35.5. The van der Waals surface area contributed by atoms with Crippen LogP contribution in [0.2, 0.25) is 5.15 Å². The molecule has 2 fully saturated rings. The van der Waals surface area contributed by atoms with Gasteiger partial charge in [-0.25, -0.2) is 4.79 Å². The van der Waals surface area contributed by atoms with E-state index in [-0.39, 0.29) is 11.2 Å². The van der Waals surface area contributed by atoms with E-state index in [1.54, 1.807) is 0 Å². The summed E-state index contributed by atoms with van der Waals surface area (Å²) in [6.45, 7) is 1.19. The van der Waals surface area contributed by atoms with Gasteiger partial charge in [0.25, 0.3) is 0 Å². The fourth-order valence-corrected chi connectivity index (χ4v) is 3.47. The molecule has 3 atom stereocenters. The van der Waals surface area contributed by atoms with E-state index >= 15 is 0 Å². The number of hydrogen-bond donors (Lipinski definition) is 2. The quantitative estimate of drug-likeness (QED) is 0.863. The first-order chi connectivity index (χ1) is 10.1. The van der Waals surface area contributed by atoms with Crippen molar-refractivity contribution in [2.45, 2.75) is 18.9 Å². The van der Waals surface area contributed by atoms with Crippen molar-refractivity contribution in [2.24, 2.45) is 11.8 Å². The number of amides is 1. The summed E-state index contributed by atoms with van der Waals surface area (Å²) in [6.07, 6.45) is 0.914. The van der Waals surface area contributed by atoms with Crippen LogP contribution >= 0.6 is 11.6 Å². The monoisotopic (exact) mass is 307 g/mol. The van der Waals surface area contributed by atoms with Crippen LogP contribution in [0.5, 0.6) is 0 Å². The van der Waals surface area contributed by atoms with Gasteiger partial charge in [0, 0.05) is 19.1 Å². The number of hydrogen-bond acceptors (Lipinski definition) is 5. The number of aromatic nitrogens is 2. The van der Waals surface area contributed by atoms with Crippen molar-refractivity contribution in [3.63, 3.8) is 0 Å². The lowest BCUT2D eigenvalue weighted by molar-refractivity contribution is 0.152. The Hall–Kier alpha value is -2.07. The van der Waals surface area contributed by atoms with Gasteiger partial charge in [0.05, 0.1) is 5.56 Å². The molecule has 21 heavy (non-hydrogen) atoms. The summed E-state index contributed by atoms with van der Waals surface area (Å²) < 4.78 is 0. The highest BCUT2D eigenvalue weighted by Gasteiger charge is 2.42. The Morgan fingerprint density at radius 2 is 2.10 bits per heavy atom. The van der Waals surface area contributed by atoms with Crippen LogP contribution in [0.3, 0.4) is 0 Å². The predicted molar refractivity (Wildman–Crippen MR) is 75.0 cm³/mol. The van der Waals surface area contributed by atoms with E-state index < -0.39 is 6.09 Å². The lowest BCUT2D eigenvalue weighted by atomic mass is 10.0. The van der Waals surface area contributed by atoms with Crippen LogP contribution in [0.1, 0.15) is 18.4 Å². The Bertz CT molecular complexity index is 603. The van der Waals surface area contributed by atoms with Crippen molar-refractivity contribution in [1.82, 2.24) is 15.1 Å². The third-order valence-corrected chi connectivity index (χ3v) is 4.43. The summed E-state index contributed by atoms with van der Waals surface area (Å²) in [5.41, 5.74) is 0.374. The molecule has 2 aliphatic rings. The van der Waals surface area contributed by atoms with Gasteiger partial charge in [0.1, 0.15) is 6.07 Å². The number of likely N-dealkylation sites (tertiary alicyclic amines) is 1. The smallest absolute Gasteiger partial charge is 0.407 e. The number of nitriles is 1. The second-order valence-corrected chi connectivity index (χ2v) is 5.95. The summed E-state index contributed by atoms with van der Waals surface area (Å²) in [5.74, 6) is 1.20. The average Bonchev–Trinajstić information content (AvgIpc) is 2.98. The molecule has 2 heterocycles. The van der Waals surface area contributed by atoms with Gasteiger partial charge in [-0.3, -0.25) is 0 Å². The highest BCUT2D eigenvalue weighted by molar-refractivity contribution is 6.29. The first-order valence-electron chi connectivity index (χ1n) is 6.74. The predicted octanol–water partition coefficient (Wildman–Crippen LogP) is 1.80. The molecule has 0 radical (unpaired) electrons. The molecule has 1 amide bonds. The molecule has 1 aromatic rings. The van der Waals surface area contributed by atoms with Crippen molar-refractivity contribution in [3.05, 3.63) is 16.8 Å². The van der Waals surface area contributed by atoms with Crippen LogP contribution in [0.25, 0.3) is 0 Å². The van der Waals surface area contributed by atoms with E-state index in [4.69, 9.17) is 22.0 Å². The Kier molecular flexibility index (Phi) is 3.55. The normalized spacial score (nSPS) is 27.2. The van der Waals surface area contributed by atoms with Crippen molar-refractivity contribution >= 4 is 23.5 Å². The second-order valence-electron chi connectivity index (χ2n) is 5.56. The van der Waals surface area contributed by atoms with Crippen molar-refractivity contribution in [2.75, 3.05) is 18.4 Å². The third kappa shape index (κ3) is 2.72. The molecule has 1 saturated heterocycles. The van der Waals surface area contributed by atoms with Crippen molar-refractivity contribution < 1.29 is 9.90 Å². The molecule has 1 unspecified atom stereocenters. The fourth-order valence-electron chi connectivity index (χ4n) is 3.33. The maximum absolute atomic E-state index is 11.0. The molecular weight excluding hydrogens is 294 g/mol. The van der Waals surface area contributed by atoms with Gasteiger partial charge in [-0.2, -0.15) is 5.26 Å². The summed E-state index contributed by atoms with van der Waals surface area (Å²) in [5, 5.41) is 29.2. The summed E-state index contributed by atoms with van der Waals surface area (Å²) in [4.78, 5) is 12.4. The van der Waals surface area contributed by atoms with Gasteiger partial charge >= 0.3 is 6.09 Å². The van der Waals surface area contributed by atoms with Gasteiger partial charge < -0.3 is 15.3 Å². The molecule has 1 aliphatic heterocycles. The molecule has 1 saturated carbocycles. The molecule has 0 aromatic carbocycles. The molecule has 3 rings (SSSR count). The van der Waals surface area contributed by atoms with E-state index in [0.29, 0.717) is 36.3 Å². The minimum atomic E-state index is -0.843. The van der Waals surface area contributed by atoms with Gasteiger partial charge in [-0.05, 0) is 30.7 Å². The minimum Gasteiger partial charge on any atom is -0.465 e.